The van der Waals surface area contributed by atoms with Crippen LogP contribution in [0.2, 0.25) is 0 Å². The zero-order chi connectivity index (χ0) is 13.4. The fraction of sp³-hybridized carbons (Fsp3) is 0.333. The predicted octanol–water partition coefficient (Wildman–Crippen LogP) is 3.17. The van der Waals surface area contributed by atoms with Gasteiger partial charge in [-0.15, -0.1) is 0 Å². The highest BCUT2D eigenvalue weighted by Crippen LogP contribution is 2.17. The number of aryl methyl sites for hydroxylation is 1. The van der Waals surface area contributed by atoms with Crippen molar-refractivity contribution in [3.8, 4) is 0 Å². The summed E-state index contributed by atoms with van der Waals surface area (Å²) in [5, 5.41) is 4.60. The molecule has 19 heavy (non-hydrogen) atoms. The number of fused-ring (bicyclic) bond motifs is 1. The minimum absolute atomic E-state index is 0.398. The standard InChI is InChI=1S/C15H18N4/c1-11(2)19-9-8-13(17-19)10-18-12(3)16-14-6-4-5-7-15(14)18/h4-9,11H,10H2,1-3H3. The molecule has 0 saturated carbocycles. The summed E-state index contributed by atoms with van der Waals surface area (Å²) >= 11 is 0. The van der Waals surface area contributed by atoms with Crippen LogP contribution in [0.4, 0.5) is 0 Å². The van der Waals surface area contributed by atoms with E-state index < -0.39 is 0 Å². The van der Waals surface area contributed by atoms with Crippen molar-refractivity contribution in [3.63, 3.8) is 0 Å². The highest BCUT2D eigenvalue weighted by molar-refractivity contribution is 5.75. The van der Waals surface area contributed by atoms with Gasteiger partial charge in [0.15, 0.2) is 0 Å². The Labute approximate surface area is 112 Å². The SMILES string of the molecule is Cc1nc2ccccc2n1Cc1ccn(C(C)C)n1. The third kappa shape index (κ3) is 2.14. The molecule has 0 unspecified atom stereocenters. The van der Waals surface area contributed by atoms with Crippen molar-refractivity contribution < 1.29 is 0 Å². The maximum atomic E-state index is 4.60. The van der Waals surface area contributed by atoms with E-state index in [1.165, 1.54) is 5.52 Å². The van der Waals surface area contributed by atoms with E-state index in [4.69, 9.17) is 0 Å². The molecule has 0 fully saturated rings. The van der Waals surface area contributed by atoms with E-state index in [1.807, 2.05) is 36.0 Å². The molecule has 3 aromatic rings. The van der Waals surface area contributed by atoms with Gasteiger partial charge in [0.25, 0.3) is 0 Å². The Balaban J connectivity index is 1.98. The first-order chi connectivity index (χ1) is 9.15. The maximum Gasteiger partial charge on any atom is 0.107 e. The van der Waals surface area contributed by atoms with Gasteiger partial charge in [-0.2, -0.15) is 5.10 Å². The minimum Gasteiger partial charge on any atom is -0.322 e. The Bertz CT molecular complexity index is 706. The zero-order valence-corrected chi connectivity index (χ0v) is 11.5. The van der Waals surface area contributed by atoms with Crippen LogP contribution in [0, 0.1) is 6.92 Å². The number of imidazole rings is 1. The van der Waals surface area contributed by atoms with Gasteiger partial charge >= 0.3 is 0 Å². The maximum absolute atomic E-state index is 4.60. The summed E-state index contributed by atoms with van der Waals surface area (Å²) in [5.74, 6) is 1.03. The summed E-state index contributed by atoms with van der Waals surface area (Å²) in [7, 11) is 0. The van der Waals surface area contributed by atoms with Gasteiger partial charge in [-0.3, -0.25) is 4.68 Å². The van der Waals surface area contributed by atoms with Gasteiger partial charge in [0.1, 0.15) is 5.82 Å². The first kappa shape index (κ1) is 12.0. The van der Waals surface area contributed by atoms with Gasteiger partial charge in [0, 0.05) is 12.2 Å². The van der Waals surface area contributed by atoms with E-state index in [2.05, 4.69) is 40.6 Å². The van der Waals surface area contributed by atoms with Crippen LogP contribution < -0.4 is 0 Å². The molecule has 0 aliphatic rings. The highest BCUT2D eigenvalue weighted by Gasteiger charge is 2.09. The molecule has 0 radical (unpaired) electrons. The first-order valence-corrected chi connectivity index (χ1v) is 6.61. The monoisotopic (exact) mass is 254 g/mol. The molecule has 0 aliphatic carbocycles. The highest BCUT2D eigenvalue weighted by atomic mass is 15.3. The molecule has 0 amide bonds. The molecular formula is C15H18N4. The lowest BCUT2D eigenvalue weighted by Gasteiger charge is -2.06. The lowest BCUT2D eigenvalue weighted by molar-refractivity contribution is 0.524. The Morgan fingerprint density at radius 1 is 1.16 bits per heavy atom. The normalized spacial score (nSPS) is 11.6. The summed E-state index contributed by atoms with van der Waals surface area (Å²) in [6.45, 7) is 7.08. The van der Waals surface area contributed by atoms with Crippen molar-refractivity contribution in [3.05, 3.63) is 48.0 Å². The Kier molecular flexibility index (Phi) is 2.85. The molecule has 0 saturated heterocycles. The van der Waals surface area contributed by atoms with Gasteiger partial charge in [-0.05, 0) is 39.0 Å². The predicted molar refractivity (Wildman–Crippen MR) is 76.2 cm³/mol. The molecule has 0 spiro atoms. The average molecular weight is 254 g/mol. The molecule has 0 N–H and O–H groups in total. The summed E-state index contributed by atoms with van der Waals surface area (Å²) in [4.78, 5) is 4.58. The third-order valence-electron chi connectivity index (χ3n) is 3.36. The van der Waals surface area contributed by atoms with Crippen LogP contribution in [0.1, 0.15) is 31.4 Å². The lowest BCUT2D eigenvalue weighted by Crippen LogP contribution is -2.05. The van der Waals surface area contributed by atoms with Crippen molar-refractivity contribution >= 4 is 11.0 Å². The molecule has 1 aromatic carbocycles. The molecule has 0 atom stereocenters. The molecule has 4 nitrogen and oxygen atoms in total. The number of nitrogens with zero attached hydrogens (tertiary/aromatic N) is 4. The number of aromatic nitrogens is 4. The van der Waals surface area contributed by atoms with Crippen LogP contribution in [-0.4, -0.2) is 19.3 Å². The summed E-state index contributed by atoms with van der Waals surface area (Å²) in [6, 6.07) is 10.7. The second-order valence-electron chi connectivity index (χ2n) is 5.11. The fourth-order valence-electron chi connectivity index (χ4n) is 2.31. The Hall–Kier alpha value is -2.10. The Morgan fingerprint density at radius 3 is 2.68 bits per heavy atom. The van der Waals surface area contributed by atoms with Crippen molar-refractivity contribution in [2.45, 2.75) is 33.4 Å². The fourth-order valence-corrected chi connectivity index (χ4v) is 2.31. The second kappa shape index (κ2) is 4.53. The summed E-state index contributed by atoms with van der Waals surface area (Å²) in [5.41, 5.74) is 3.28. The molecule has 4 heteroatoms. The molecule has 2 heterocycles. The number of hydrogen-bond donors (Lipinski definition) is 0. The smallest absolute Gasteiger partial charge is 0.107 e. The van der Waals surface area contributed by atoms with Crippen molar-refractivity contribution in [1.29, 1.82) is 0 Å². The topological polar surface area (TPSA) is 35.6 Å². The average Bonchev–Trinajstić information content (AvgIpc) is 2.96. The van der Waals surface area contributed by atoms with Gasteiger partial charge in [-0.25, -0.2) is 4.98 Å². The molecule has 3 rings (SSSR count). The number of rotatable bonds is 3. The molecular weight excluding hydrogens is 236 g/mol. The van der Waals surface area contributed by atoms with E-state index in [9.17, 15) is 0 Å². The van der Waals surface area contributed by atoms with E-state index in [0.29, 0.717) is 6.04 Å². The Morgan fingerprint density at radius 2 is 1.95 bits per heavy atom. The van der Waals surface area contributed by atoms with Gasteiger partial charge in [-0.1, -0.05) is 12.1 Å². The van der Waals surface area contributed by atoms with Crippen LogP contribution in [0.25, 0.3) is 11.0 Å². The number of para-hydroxylation sites is 2. The van der Waals surface area contributed by atoms with Gasteiger partial charge < -0.3 is 4.57 Å². The van der Waals surface area contributed by atoms with E-state index in [0.717, 1.165) is 23.6 Å². The number of benzene rings is 1. The van der Waals surface area contributed by atoms with E-state index in [1.54, 1.807) is 0 Å². The number of hydrogen-bond acceptors (Lipinski definition) is 2. The van der Waals surface area contributed by atoms with Crippen LogP contribution in [0.15, 0.2) is 36.5 Å². The molecule has 2 aromatic heterocycles. The largest absolute Gasteiger partial charge is 0.322 e. The quantitative estimate of drug-likeness (QED) is 0.719. The minimum atomic E-state index is 0.398. The summed E-state index contributed by atoms with van der Waals surface area (Å²) < 4.78 is 4.20. The van der Waals surface area contributed by atoms with Crippen molar-refractivity contribution in [2.75, 3.05) is 0 Å². The van der Waals surface area contributed by atoms with Crippen molar-refractivity contribution in [1.82, 2.24) is 19.3 Å². The van der Waals surface area contributed by atoms with Crippen LogP contribution in [0.3, 0.4) is 0 Å². The first-order valence-electron chi connectivity index (χ1n) is 6.61. The van der Waals surface area contributed by atoms with Crippen LogP contribution >= 0.6 is 0 Å². The van der Waals surface area contributed by atoms with Crippen LogP contribution in [-0.2, 0) is 6.54 Å². The molecule has 0 aliphatic heterocycles. The zero-order valence-electron chi connectivity index (χ0n) is 11.5. The summed E-state index contributed by atoms with van der Waals surface area (Å²) in [6.07, 6.45) is 2.04. The van der Waals surface area contributed by atoms with Crippen molar-refractivity contribution in [2.24, 2.45) is 0 Å². The lowest BCUT2D eigenvalue weighted by atomic mass is 10.3. The molecule has 0 bridgehead atoms. The van der Waals surface area contributed by atoms with Gasteiger partial charge in [0.05, 0.1) is 23.3 Å². The molecule has 98 valence electrons. The van der Waals surface area contributed by atoms with Gasteiger partial charge in [0.2, 0.25) is 0 Å². The van der Waals surface area contributed by atoms with Crippen LogP contribution in [0.5, 0.6) is 0 Å². The second-order valence-corrected chi connectivity index (χ2v) is 5.11. The van der Waals surface area contributed by atoms with E-state index >= 15 is 0 Å². The third-order valence-corrected chi connectivity index (χ3v) is 3.36. The van der Waals surface area contributed by atoms with E-state index in [-0.39, 0.29) is 0 Å².